The van der Waals surface area contributed by atoms with Crippen LogP contribution in [0, 0.1) is 0 Å². The van der Waals surface area contributed by atoms with E-state index in [-0.39, 0.29) is 5.97 Å². The van der Waals surface area contributed by atoms with Crippen LogP contribution in [-0.2, 0) is 11.2 Å². The highest BCUT2D eigenvalue weighted by Gasteiger charge is 2.04. The minimum atomic E-state index is -0.319. The molecule has 0 saturated carbocycles. The Balaban J connectivity index is 2.00. The van der Waals surface area contributed by atoms with Crippen LogP contribution in [0.3, 0.4) is 0 Å². The topological polar surface area (TPSA) is 26.3 Å². The van der Waals surface area contributed by atoms with Crippen LogP contribution in [0.1, 0.15) is 31.6 Å². The first-order valence-corrected chi connectivity index (χ1v) is 8.12. The van der Waals surface area contributed by atoms with Gasteiger partial charge < -0.3 is 4.74 Å². The molecule has 0 unspecified atom stereocenters. The molecular weight excluding hydrogens is 280 g/mol. The minimum Gasteiger partial charge on any atom is -0.423 e. The van der Waals surface area contributed by atoms with Crippen molar-refractivity contribution in [3.05, 3.63) is 53.4 Å². The average Bonchev–Trinajstić information content (AvgIpc) is 2.97. The number of carbonyl (C=O) groups is 1. The summed E-state index contributed by atoms with van der Waals surface area (Å²) in [6, 6.07) is 12.0. The monoisotopic (exact) mass is 300 g/mol. The number of hydrogen-bond acceptors (Lipinski definition) is 3. The van der Waals surface area contributed by atoms with E-state index in [0.717, 1.165) is 24.8 Å². The molecule has 0 saturated heterocycles. The average molecular weight is 300 g/mol. The Morgan fingerprint density at radius 2 is 1.90 bits per heavy atom. The summed E-state index contributed by atoms with van der Waals surface area (Å²) in [6.07, 6.45) is 6.31. The molecule has 0 aliphatic rings. The van der Waals surface area contributed by atoms with Crippen LogP contribution >= 0.6 is 11.3 Å². The van der Waals surface area contributed by atoms with Crippen LogP contribution in [0.25, 0.3) is 10.4 Å². The highest BCUT2D eigenvalue weighted by molar-refractivity contribution is 7.15. The molecule has 0 fully saturated rings. The molecule has 110 valence electrons. The molecule has 1 aromatic carbocycles. The number of hydrogen-bond donors (Lipinski definition) is 0. The molecule has 0 bridgehead atoms. The summed E-state index contributed by atoms with van der Waals surface area (Å²) < 4.78 is 5.26. The van der Waals surface area contributed by atoms with Gasteiger partial charge in [-0.15, -0.1) is 11.3 Å². The zero-order valence-corrected chi connectivity index (χ0v) is 13.3. The number of benzene rings is 1. The van der Waals surface area contributed by atoms with Gasteiger partial charge in [-0.3, -0.25) is 0 Å². The Kier molecular flexibility index (Phi) is 5.76. The molecule has 0 N–H and O–H groups in total. The van der Waals surface area contributed by atoms with Crippen molar-refractivity contribution in [3.63, 3.8) is 0 Å². The summed E-state index contributed by atoms with van der Waals surface area (Å²) in [5.41, 5.74) is 1.15. The fourth-order valence-electron chi connectivity index (χ4n) is 1.91. The molecule has 1 aromatic heterocycles. The number of carbonyl (C=O) groups excluding carboxylic acids is 1. The van der Waals surface area contributed by atoms with Crippen LogP contribution in [0.4, 0.5) is 0 Å². The molecule has 0 aliphatic heterocycles. The van der Waals surface area contributed by atoms with E-state index in [2.05, 4.69) is 26.0 Å². The third kappa shape index (κ3) is 4.57. The van der Waals surface area contributed by atoms with Crippen molar-refractivity contribution in [2.45, 2.75) is 33.1 Å². The first-order valence-electron chi connectivity index (χ1n) is 7.30. The van der Waals surface area contributed by atoms with Gasteiger partial charge in [-0.05, 0) is 54.8 Å². The van der Waals surface area contributed by atoms with E-state index in [1.165, 1.54) is 15.8 Å². The molecule has 2 rings (SSSR count). The smallest absolute Gasteiger partial charge is 0.335 e. The lowest BCUT2D eigenvalue weighted by Crippen LogP contribution is -2.03. The zero-order valence-electron chi connectivity index (χ0n) is 12.5. The maximum Gasteiger partial charge on any atom is 0.335 e. The number of unbranched alkanes of at least 4 members (excludes halogenated alkanes) is 1. The highest BCUT2D eigenvalue weighted by Crippen LogP contribution is 2.29. The first kappa shape index (κ1) is 15.5. The fraction of sp³-hybridized carbons (Fsp3) is 0.278. The van der Waals surface area contributed by atoms with E-state index < -0.39 is 0 Å². The minimum absolute atomic E-state index is 0.319. The van der Waals surface area contributed by atoms with Crippen LogP contribution < -0.4 is 4.74 Å². The number of ether oxygens (including phenoxy) is 1. The Morgan fingerprint density at radius 1 is 1.14 bits per heavy atom. The summed E-state index contributed by atoms with van der Waals surface area (Å²) in [4.78, 5) is 14.2. The second-order valence-electron chi connectivity index (χ2n) is 4.76. The van der Waals surface area contributed by atoms with Gasteiger partial charge in [0.05, 0.1) is 0 Å². The Bertz CT molecular complexity index is 608. The Hall–Kier alpha value is -1.87. The van der Waals surface area contributed by atoms with Crippen molar-refractivity contribution in [1.82, 2.24) is 0 Å². The molecule has 2 nitrogen and oxygen atoms in total. The van der Waals surface area contributed by atoms with Crippen molar-refractivity contribution in [3.8, 4) is 16.2 Å². The normalized spacial score (nSPS) is 11.0. The highest BCUT2D eigenvalue weighted by atomic mass is 32.1. The van der Waals surface area contributed by atoms with Crippen molar-refractivity contribution < 1.29 is 9.53 Å². The first-order chi connectivity index (χ1) is 10.2. The molecule has 0 aliphatic carbocycles. The number of allylic oxidation sites excluding steroid dienone is 1. The Labute approximate surface area is 130 Å². The third-order valence-corrected chi connectivity index (χ3v) is 4.36. The quantitative estimate of drug-likeness (QED) is 0.414. The molecule has 0 spiro atoms. The van der Waals surface area contributed by atoms with Gasteiger partial charge in [-0.2, -0.15) is 0 Å². The van der Waals surface area contributed by atoms with E-state index in [9.17, 15) is 4.79 Å². The molecular formula is C18H20O2S. The maximum absolute atomic E-state index is 11.6. The van der Waals surface area contributed by atoms with Crippen molar-refractivity contribution in [1.29, 1.82) is 0 Å². The van der Waals surface area contributed by atoms with Gasteiger partial charge in [0.15, 0.2) is 0 Å². The molecule has 1 heterocycles. The van der Waals surface area contributed by atoms with Crippen LogP contribution in [0.15, 0.2) is 48.6 Å². The second kappa shape index (κ2) is 7.79. The standard InChI is InChI=1S/C18H20O2S/c1-3-5-6-7-18(19)20-15-10-8-14(9-11-15)17-13-12-16(4-2)21-17/h6-13H,3-5H2,1-2H3/b7-6+. The molecule has 3 heteroatoms. The van der Waals surface area contributed by atoms with Gasteiger partial charge in [0, 0.05) is 15.8 Å². The van der Waals surface area contributed by atoms with Gasteiger partial charge in [-0.1, -0.05) is 26.3 Å². The van der Waals surface area contributed by atoms with Gasteiger partial charge in [0.25, 0.3) is 0 Å². The number of rotatable bonds is 6. The lowest BCUT2D eigenvalue weighted by atomic mass is 10.2. The molecule has 21 heavy (non-hydrogen) atoms. The van der Waals surface area contributed by atoms with E-state index in [0.29, 0.717) is 5.75 Å². The lowest BCUT2D eigenvalue weighted by Gasteiger charge is -2.02. The lowest BCUT2D eigenvalue weighted by molar-refractivity contribution is -0.129. The SMILES string of the molecule is CCC/C=C/C(=O)Oc1ccc(-c2ccc(CC)s2)cc1. The van der Waals surface area contributed by atoms with Gasteiger partial charge >= 0.3 is 5.97 Å². The predicted octanol–water partition coefficient (Wildman–Crippen LogP) is 5.24. The molecule has 0 atom stereocenters. The summed E-state index contributed by atoms with van der Waals surface area (Å²) in [6.45, 7) is 4.23. The third-order valence-electron chi connectivity index (χ3n) is 3.08. The van der Waals surface area contributed by atoms with Gasteiger partial charge in [0.2, 0.25) is 0 Å². The van der Waals surface area contributed by atoms with Crippen molar-refractivity contribution in [2.24, 2.45) is 0 Å². The maximum atomic E-state index is 11.6. The summed E-state index contributed by atoms with van der Waals surface area (Å²) >= 11 is 1.80. The predicted molar refractivity (Wildman–Crippen MR) is 88.8 cm³/mol. The summed E-state index contributed by atoms with van der Waals surface area (Å²) in [5, 5.41) is 0. The summed E-state index contributed by atoms with van der Waals surface area (Å²) in [7, 11) is 0. The summed E-state index contributed by atoms with van der Waals surface area (Å²) in [5.74, 6) is 0.262. The fourth-order valence-corrected chi connectivity index (χ4v) is 2.86. The molecule has 0 radical (unpaired) electrons. The number of aryl methyl sites for hydroxylation is 1. The molecule has 2 aromatic rings. The van der Waals surface area contributed by atoms with E-state index in [1.54, 1.807) is 11.3 Å². The Morgan fingerprint density at radius 3 is 2.52 bits per heavy atom. The number of esters is 1. The van der Waals surface area contributed by atoms with Crippen molar-refractivity contribution >= 4 is 17.3 Å². The largest absolute Gasteiger partial charge is 0.423 e. The van der Waals surface area contributed by atoms with Gasteiger partial charge in [-0.25, -0.2) is 4.79 Å². The zero-order chi connectivity index (χ0) is 15.1. The van der Waals surface area contributed by atoms with Crippen LogP contribution in [0.2, 0.25) is 0 Å². The number of thiophene rings is 1. The van der Waals surface area contributed by atoms with Gasteiger partial charge in [0.1, 0.15) is 5.75 Å². The van der Waals surface area contributed by atoms with E-state index in [1.807, 2.05) is 30.3 Å². The van der Waals surface area contributed by atoms with E-state index in [4.69, 9.17) is 4.74 Å². The van der Waals surface area contributed by atoms with Crippen LogP contribution in [0.5, 0.6) is 5.75 Å². The van der Waals surface area contributed by atoms with E-state index >= 15 is 0 Å². The molecule has 0 amide bonds. The van der Waals surface area contributed by atoms with Crippen molar-refractivity contribution in [2.75, 3.05) is 0 Å². The second-order valence-corrected chi connectivity index (χ2v) is 5.92. The van der Waals surface area contributed by atoms with Crippen LogP contribution in [-0.4, -0.2) is 5.97 Å².